The molecule has 1 aromatic carbocycles. The van der Waals surface area contributed by atoms with Gasteiger partial charge in [-0.1, -0.05) is 17.8 Å². The number of likely N-dealkylation sites (tertiary alicyclic amines) is 1. The molecule has 0 aliphatic carbocycles. The molecule has 2 aliphatic rings. The normalized spacial score (nSPS) is 18.8. The summed E-state index contributed by atoms with van der Waals surface area (Å²) in [6, 6.07) is 6.53. The van der Waals surface area contributed by atoms with Crippen LogP contribution in [0.3, 0.4) is 0 Å². The van der Waals surface area contributed by atoms with Gasteiger partial charge < -0.3 is 10.2 Å². The number of aromatic amines is 1. The lowest BCUT2D eigenvalue weighted by Gasteiger charge is -2.27. The Morgan fingerprint density at radius 2 is 2.03 bits per heavy atom. The molecule has 1 atom stereocenters. The minimum Gasteiger partial charge on any atom is -0.351 e. The zero-order valence-electron chi connectivity index (χ0n) is 16.1. The molecule has 1 aromatic heterocycles. The summed E-state index contributed by atoms with van der Waals surface area (Å²) in [5.41, 5.74) is 0.823. The quantitative estimate of drug-likeness (QED) is 0.663. The fourth-order valence-electron chi connectivity index (χ4n) is 3.29. The number of benzene rings is 1. The van der Waals surface area contributed by atoms with Crippen molar-refractivity contribution in [2.45, 2.75) is 30.9 Å². The molecular weight excluding hydrogens is 406 g/mol. The Morgan fingerprint density at radius 1 is 1.20 bits per heavy atom. The van der Waals surface area contributed by atoms with Crippen LogP contribution in [-0.2, 0) is 9.59 Å². The van der Waals surface area contributed by atoms with Crippen molar-refractivity contribution in [3.63, 3.8) is 0 Å². The summed E-state index contributed by atoms with van der Waals surface area (Å²) in [5.74, 6) is -0.723. The van der Waals surface area contributed by atoms with Crippen molar-refractivity contribution in [2.75, 3.05) is 23.7 Å². The lowest BCUT2D eigenvalue weighted by molar-refractivity contribution is -0.121. The van der Waals surface area contributed by atoms with Crippen molar-refractivity contribution >= 4 is 46.3 Å². The van der Waals surface area contributed by atoms with Gasteiger partial charge in [-0.25, -0.2) is 5.10 Å². The molecule has 0 spiro atoms. The molecule has 2 aliphatic heterocycles. The molecule has 1 fully saturated rings. The number of H-pyrrole nitrogens is 1. The number of anilines is 2. The Bertz CT molecular complexity index is 970. The number of carbonyl (C=O) groups excluding carboxylic acids is 3. The van der Waals surface area contributed by atoms with E-state index in [-0.39, 0.29) is 30.1 Å². The topological polar surface area (TPSA) is 132 Å². The summed E-state index contributed by atoms with van der Waals surface area (Å²) in [7, 11) is 0. The SMILES string of the molecule is O=C(C[C@@H]1SC(N2CCCCC2)=NC1=O)Nc1cccc(C(=O)Nc2ncn[nH]2)c1. The Labute approximate surface area is 176 Å². The van der Waals surface area contributed by atoms with Gasteiger partial charge in [0.15, 0.2) is 5.17 Å². The first-order chi connectivity index (χ1) is 14.6. The number of nitrogens with one attached hydrogen (secondary N) is 3. The molecule has 3 heterocycles. The molecule has 3 N–H and O–H groups in total. The van der Waals surface area contributed by atoms with E-state index in [0.717, 1.165) is 31.1 Å². The number of carbonyl (C=O) groups is 3. The molecule has 30 heavy (non-hydrogen) atoms. The summed E-state index contributed by atoms with van der Waals surface area (Å²) >= 11 is 1.36. The smallest absolute Gasteiger partial charge is 0.262 e. The van der Waals surface area contributed by atoms with Gasteiger partial charge in [0.05, 0.1) is 0 Å². The second-order valence-corrected chi connectivity index (χ2v) is 8.18. The van der Waals surface area contributed by atoms with E-state index >= 15 is 0 Å². The molecule has 0 bridgehead atoms. The lowest BCUT2D eigenvalue weighted by Crippen LogP contribution is -2.33. The average molecular weight is 427 g/mol. The van der Waals surface area contributed by atoms with Gasteiger partial charge in [-0.2, -0.15) is 15.1 Å². The van der Waals surface area contributed by atoms with Gasteiger partial charge in [0, 0.05) is 30.8 Å². The fourth-order valence-corrected chi connectivity index (χ4v) is 4.41. The molecule has 2 aromatic rings. The standard InChI is InChI=1S/C19H21N7O3S/c27-15(10-14-17(29)24-19(30-14)26-7-2-1-3-8-26)22-13-6-4-5-12(9-13)16(28)23-18-20-11-21-25-18/h4-6,9,11,14H,1-3,7-8,10H2,(H,22,27)(H2,20,21,23,25,28)/t14-/m0/s1. The predicted octanol–water partition coefficient (Wildman–Crippen LogP) is 1.87. The number of amides is 3. The number of piperidine rings is 1. The molecule has 156 valence electrons. The first-order valence-electron chi connectivity index (χ1n) is 9.69. The second kappa shape index (κ2) is 9.08. The number of rotatable bonds is 5. The highest BCUT2D eigenvalue weighted by molar-refractivity contribution is 8.15. The monoisotopic (exact) mass is 427 g/mol. The van der Waals surface area contributed by atoms with E-state index in [1.54, 1.807) is 24.3 Å². The maximum absolute atomic E-state index is 12.5. The molecular formula is C19H21N7O3S. The van der Waals surface area contributed by atoms with Gasteiger partial charge in [0.1, 0.15) is 11.6 Å². The van der Waals surface area contributed by atoms with Crippen molar-refractivity contribution in [1.29, 1.82) is 0 Å². The number of aliphatic imine (C=N–C) groups is 1. The number of thioether (sulfide) groups is 1. The van der Waals surface area contributed by atoms with Gasteiger partial charge in [-0.15, -0.1) is 0 Å². The molecule has 11 heteroatoms. The second-order valence-electron chi connectivity index (χ2n) is 7.01. The Morgan fingerprint density at radius 3 is 2.80 bits per heavy atom. The van der Waals surface area contributed by atoms with Crippen LogP contribution in [0.15, 0.2) is 35.6 Å². The van der Waals surface area contributed by atoms with Crippen LogP contribution in [0.2, 0.25) is 0 Å². The third-order valence-corrected chi connectivity index (χ3v) is 5.99. The van der Waals surface area contributed by atoms with Gasteiger partial charge in [-0.3, -0.25) is 19.7 Å². The van der Waals surface area contributed by atoms with E-state index in [1.807, 2.05) is 0 Å². The number of nitrogens with zero attached hydrogens (tertiary/aromatic N) is 4. The van der Waals surface area contributed by atoms with Crippen LogP contribution in [-0.4, -0.2) is 61.3 Å². The van der Waals surface area contributed by atoms with E-state index in [4.69, 9.17) is 0 Å². The van der Waals surface area contributed by atoms with Crippen LogP contribution >= 0.6 is 11.8 Å². The fraction of sp³-hybridized carbons (Fsp3) is 0.368. The number of aromatic nitrogens is 3. The summed E-state index contributed by atoms with van der Waals surface area (Å²) in [5, 5.41) is 11.7. The molecule has 0 saturated carbocycles. The van der Waals surface area contributed by atoms with Crippen LogP contribution in [0, 0.1) is 0 Å². The summed E-state index contributed by atoms with van der Waals surface area (Å²) in [6.45, 7) is 1.81. The van der Waals surface area contributed by atoms with Gasteiger partial charge >= 0.3 is 0 Å². The van der Waals surface area contributed by atoms with Crippen LogP contribution in [0.5, 0.6) is 0 Å². The van der Waals surface area contributed by atoms with E-state index in [2.05, 4.69) is 35.7 Å². The van der Waals surface area contributed by atoms with Crippen LogP contribution in [0.1, 0.15) is 36.0 Å². The summed E-state index contributed by atoms with van der Waals surface area (Å²) in [6.07, 6.45) is 4.70. The van der Waals surface area contributed by atoms with Gasteiger partial charge in [0.25, 0.3) is 11.8 Å². The lowest BCUT2D eigenvalue weighted by atomic mass is 10.1. The number of hydrogen-bond donors (Lipinski definition) is 3. The van der Waals surface area contributed by atoms with Crippen LogP contribution in [0.25, 0.3) is 0 Å². The molecule has 10 nitrogen and oxygen atoms in total. The van der Waals surface area contributed by atoms with E-state index < -0.39 is 5.25 Å². The highest BCUT2D eigenvalue weighted by Crippen LogP contribution is 2.29. The Kier molecular flexibility index (Phi) is 6.07. The maximum atomic E-state index is 12.5. The number of amidine groups is 1. The first-order valence-corrected chi connectivity index (χ1v) is 10.6. The highest BCUT2D eigenvalue weighted by Gasteiger charge is 2.33. The van der Waals surface area contributed by atoms with E-state index in [1.165, 1.54) is 24.5 Å². The van der Waals surface area contributed by atoms with Crippen molar-refractivity contribution in [2.24, 2.45) is 4.99 Å². The zero-order chi connectivity index (χ0) is 20.9. The first kappa shape index (κ1) is 20.1. The minimum absolute atomic E-state index is 0.0266. The minimum atomic E-state index is -0.514. The van der Waals surface area contributed by atoms with E-state index in [9.17, 15) is 14.4 Å². The third kappa shape index (κ3) is 4.85. The Balaban J connectivity index is 1.32. The summed E-state index contributed by atoms with van der Waals surface area (Å²) in [4.78, 5) is 47.1. The van der Waals surface area contributed by atoms with Crippen molar-refractivity contribution in [3.05, 3.63) is 36.2 Å². The van der Waals surface area contributed by atoms with E-state index in [0.29, 0.717) is 11.3 Å². The number of hydrogen-bond acceptors (Lipinski definition) is 7. The van der Waals surface area contributed by atoms with Crippen molar-refractivity contribution < 1.29 is 14.4 Å². The molecule has 4 rings (SSSR count). The molecule has 3 amide bonds. The zero-order valence-corrected chi connectivity index (χ0v) is 16.9. The average Bonchev–Trinajstić information content (AvgIpc) is 3.39. The summed E-state index contributed by atoms with van der Waals surface area (Å²) < 4.78 is 0. The van der Waals surface area contributed by atoms with Crippen LogP contribution < -0.4 is 10.6 Å². The predicted molar refractivity (Wildman–Crippen MR) is 113 cm³/mol. The maximum Gasteiger partial charge on any atom is 0.262 e. The Hall–Kier alpha value is -3.21. The van der Waals surface area contributed by atoms with Gasteiger partial charge in [0.2, 0.25) is 11.9 Å². The largest absolute Gasteiger partial charge is 0.351 e. The highest BCUT2D eigenvalue weighted by atomic mass is 32.2. The molecule has 1 saturated heterocycles. The van der Waals surface area contributed by atoms with Gasteiger partial charge in [-0.05, 0) is 37.5 Å². The van der Waals surface area contributed by atoms with Crippen LogP contribution in [0.4, 0.5) is 11.6 Å². The third-order valence-electron chi connectivity index (χ3n) is 4.78. The van der Waals surface area contributed by atoms with Crippen molar-refractivity contribution in [1.82, 2.24) is 20.1 Å². The molecule has 0 unspecified atom stereocenters. The van der Waals surface area contributed by atoms with Crippen molar-refractivity contribution in [3.8, 4) is 0 Å². The molecule has 0 radical (unpaired) electrons.